The number of H-pyrrole nitrogens is 1. The summed E-state index contributed by atoms with van der Waals surface area (Å²) in [7, 11) is 0. The number of rotatable bonds is 6. The number of aromatic amines is 1. The highest BCUT2D eigenvalue weighted by molar-refractivity contribution is 7.99. The van der Waals surface area contributed by atoms with E-state index >= 15 is 0 Å². The average Bonchev–Trinajstić information content (AvgIpc) is 2.74. The fraction of sp³-hybridized carbons (Fsp3) is 0.350. The van der Waals surface area contributed by atoms with Gasteiger partial charge in [-0.1, -0.05) is 18.7 Å². The van der Waals surface area contributed by atoms with Gasteiger partial charge in [-0.25, -0.2) is 15.0 Å². The van der Waals surface area contributed by atoms with Crippen LogP contribution in [0.5, 0.6) is 0 Å². The van der Waals surface area contributed by atoms with Gasteiger partial charge in [0.1, 0.15) is 5.82 Å². The van der Waals surface area contributed by atoms with Crippen molar-refractivity contribution >= 4 is 11.8 Å². The van der Waals surface area contributed by atoms with Crippen LogP contribution in [0.25, 0.3) is 11.4 Å². The molecule has 4 rings (SSSR count). The van der Waals surface area contributed by atoms with Crippen LogP contribution in [0.3, 0.4) is 0 Å². The molecule has 3 aromatic heterocycles. The van der Waals surface area contributed by atoms with Gasteiger partial charge >= 0.3 is 0 Å². The van der Waals surface area contributed by atoms with Crippen LogP contribution in [-0.2, 0) is 19.5 Å². The molecule has 0 saturated heterocycles. The van der Waals surface area contributed by atoms with Gasteiger partial charge in [-0.05, 0) is 18.6 Å². The predicted octanol–water partition coefficient (Wildman–Crippen LogP) is 2.68. The summed E-state index contributed by atoms with van der Waals surface area (Å²) in [5, 5.41) is 0.818. The van der Waals surface area contributed by atoms with Gasteiger partial charge in [-0.3, -0.25) is 14.7 Å². The van der Waals surface area contributed by atoms with Crippen LogP contribution in [-0.4, -0.2) is 42.1 Å². The van der Waals surface area contributed by atoms with Gasteiger partial charge in [0.2, 0.25) is 0 Å². The Morgan fingerprint density at radius 3 is 2.86 bits per heavy atom. The van der Waals surface area contributed by atoms with Crippen molar-refractivity contribution in [2.45, 2.75) is 38.0 Å². The van der Waals surface area contributed by atoms with Crippen molar-refractivity contribution < 1.29 is 0 Å². The summed E-state index contributed by atoms with van der Waals surface area (Å²) in [5.74, 6) is 1.61. The Bertz CT molecular complexity index is 990. The zero-order valence-electron chi connectivity index (χ0n) is 15.8. The van der Waals surface area contributed by atoms with E-state index in [1.165, 1.54) is 0 Å². The van der Waals surface area contributed by atoms with Crippen molar-refractivity contribution in [2.24, 2.45) is 0 Å². The maximum absolute atomic E-state index is 12.6. The van der Waals surface area contributed by atoms with E-state index in [2.05, 4.69) is 36.7 Å². The van der Waals surface area contributed by atoms with Crippen molar-refractivity contribution in [1.29, 1.82) is 0 Å². The molecule has 1 aliphatic heterocycles. The van der Waals surface area contributed by atoms with E-state index < -0.39 is 0 Å². The van der Waals surface area contributed by atoms with E-state index in [1.807, 2.05) is 24.5 Å². The van der Waals surface area contributed by atoms with Crippen LogP contribution in [0.4, 0.5) is 0 Å². The van der Waals surface area contributed by atoms with E-state index in [-0.39, 0.29) is 5.56 Å². The molecule has 0 saturated carbocycles. The first kappa shape index (κ1) is 18.8. The van der Waals surface area contributed by atoms with Gasteiger partial charge in [-0.15, -0.1) is 0 Å². The molecule has 0 spiro atoms. The number of fused-ring (bicyclic) bond motifs is 1. The number of hydrogen-bond donors (Lipinski definition) is 1. The second kappa shape index (κ2) is 8.62. The summed E-state index contributed by atoms with van der Waals surface area (Å²) in [5.41, 5.74) is 3.43. The van der Waals surface area contributed by atoms with Crippen molar-refractivity contribution in [3.8, 4) is 11.4 Å². The van der Waals surface area contributed by atoms with Gasteiger partial charge in [0.25, 0.3) is 5.56 Å². The van der Waals surface area contributed by atoms with Crippen molar-refractivity contribution in [1.82, 2.24) is 29.8 Å². The molecule has 3 aromatic rings. The van der Waals surface area contributed by atoms with Crippen LogP contribution in [0.1, 0.15) is 30.2 Å². The number of aromatic nitrogens is 5. The molecule has 8 heteroatoms. The van der Waals surface area contributed by atoms with Gasteiger partial charge in [0.05, 0.1) is 11.3 Å². The first-order chi connectivity index (χ1) is 13.7. The third-order valence-corrected chi connectivity index (χ3v) is 5.69. The number of nitrogens with zero attached hydrogens (tertiary/aromatic N) is 5. The smallest absolute Gasteiger partial charge is 0.255 e. The average molecular weight is 395 g/mol. The van der Waals surface area contributed by atoms with Crippen molar-refractivity contribution in [2.75, 3.05) is 12.3 Å². The number of nitrogens with one attached hydrogen (secondary N) is 1. The van der Waals surface area contributed by atoms with Crippen LogP contribution < -0.4 is 5.56 Å². The third-order valence-electron chi connectivity index (χ3n) is 4.61. The molecule has 0 aliphatic carbocycles. The normalized spacial score (nSPS) is 14.0. The number of thioether (sulfide) groups is 1. The van der Waals surface area contributed by atoms with E-state index in [4.69, 9.17) is 0 Å². The van der Waals surface area contributed by atoms with E-state index in [9.17, 15) is 4.79 Å². The Kier molecular flexibility index (Phi) is 5.78. The van der Waals surface area contributed by atoms with Crippen LogP contribution >= 0.6 is 11.8 Å². The summed E-state index contributed by atoms with van der Waals surface area (Å²) in [6.45, 7) is 4.30. The molecule has 1 N–H and O–H groups in total. The molecular weight excluding hydrogens is 372 g/mol. The SMILES string of the molecule is CCCSc1ncc(CN2CCc3nc(-c4cccnc4)[nH]c(=O)c3C2)cn1. The molecule has 7 nitrogen and oxygen atoms in total. The zero-order valence-corrected chi connectivity index (χ0v) is 16.6. The fourth-order valence-corrected chi connectivity index (χ4v) is 3.85. The molecule has 0 radical (unpaired) electrons. The fourth-order valence-electron chi connectivity index (χ4n) is 3.21. The minimum Gasteiger partial charge on any atom is -0.306 e. The highest BCUT2D eigenvalue weighted by atomic mass is 32.2. The summed E-state index contributed by atoms with van der Waals surface area (Å²) >= 11 is 1.67. The maximum atomic E-state index is 12.6. The Labute approximate surface area is 167 Å². The second-order valence-corrected chi connectivity index (χ2v) is 7.83. The molecular formula is C20H22N6OS. The molecule has 0 aromatic carbocycles. The standard InChI is InChI=1S/C20H22N6OS/c1-2-8-28-20-22-9-14(10-23-20)12-26-7-5-17-16(13-26)19(27)25-18(24-17)15-4-3-6-21-11-15/h3-4,6,9-11H,2,5,7-8,12-13H2,1H3,(H,24,25,27). The summed E-state index contributed by atoms with van der Waals surface area (Å²) in [6.07, 6.45) is 9.04. The van der Waals surface area contributed by atoms with Crippen LogP contribution in [0.15, 0.2) is 46.9 Å². The monoisotopic (exact) mass is 394 g/mol. The molecule has 0 unspecified atom stereocenters. The Morgan fingerprint density at radius 2 is 2.11 bits per heavy atom. The molecule has 144 valence electrons. The first-order valence-corrected chi connectivity index (χ1v) is 10.4. The predicted molar refractivity (Wildman–Crippen MR) is 109 cm³/mol. The van der Waals surface area contributed by atoms with Crippen molar-refractivity contribution in [3.05, 3.63) is 64.1 Å². The van der Waals surface area contributed by atoms with E-state index in [1.54, 1.807) is 24.2 Å². The summed E-state index contributed by atoms with van der Waals surface area (Å²) in [6, 6.07) is 3.74. The van der Waals surface area contributed by atoms with Gasteiger partial charge in [0, 0.05) is 67.7 Å². The molecule has 0 amide bonds. The molecule has 0 bridgehead atoms. The summed E-state index contributed by atoms with van der Waals surface area (Å²) < 4.78 is 0. The van der Waals surface area contributed by atoms with Crippen molar-refractivity contribution in [3.63, 3.8) is 0 Å². The third kappa shape index (κ3) is 4.28. The quantitative estimate of drug-likeness (QED) is 0.508. The van der Waals surface area contributed by atoms with Crippen LogP contribution in [0, 0.1) is 0 Å². The van der Waals surface area contributed by atoms with E-state index in [0.717, 1.165) is 59.2 Å². The minimum absolute atomic E-state index is 0.0730. The lowest BCUT2D eigenvalue weighted by Gasteiger charge is -2.27. The van der Waals surface area contributed by atoms with Gasteiger partial charge < -0.3 is 4.98 Å². The summed E-state index contributed by atoms with van der Waals surface area (Å²) in [4.78, 5) is 35.4. The first-order valence-electron chi connectivity index (χ1n) is 9.41. The molecule has 4 heterocycles. The zero-order chi connectivity index (χ0) is 19.3. The Morgan fingerprint density at radius 1 is 1.25 bits per heavy atom. The van der Waals surface area contributed by atoms with E-state index in [0.29, 0.717) is 12.4 Å². The molecule has 1 aliphatic rings. The largest absolute Gasteiger partial charge is 0.306 e. The molecule has 0 atom stereocenters. The lowest BCUT2D eigenvalue weighted by molar-refractivity contribution is 0.241. The van der Waals surface area contributed by atoms with Gasteiger partial charge in [0.15, 0.2) is 5.16 Å². The highest BCUT2D eigenvalue weighted by Gasteiger charge is 2.21. The topological polar surface area (TPSA) is 87.7 Å². The molecule has 0 fully saturated rings. The minimum atomic E-state index is -0.0730. The maximum Gasteiger partial charge on any atom is 0.255 e. The number of pyridine rings is 1. The second-order valence-electron chi connectivity index (χ2n) is 6.76. The highest BCUT2D eigenvalue weighted by Crippen LogP contribution is 2.20. The Balaban J connectivity index is 1.47. The molecule has 28 heavy (non-hydrogen) atoms. The lowest BCUT2D eigenvalue weighted by Crippen LogP contribution is -2.35. The number of hydrogen-bond acceptors (Lipinski definition) is 7. The van der Waals surface area contributed by atoms with Crippen LogP contribution in [0.2, 0.25) is 0 Å². The van der Waals surface area contributed by atoms with Gasteiger partial charge in [-0.2, -0.15) is 0 Å². The lowest BCUT2D eigenvalue weighted by atomic mass is 10.1. The Hall–Kier alpha value is -2.58.